The molecule has 4 aromatic rings. The molecular formula is C25H25N5O2S. The standard InChI is InChI=1S/C25H25N5O2S/c1-4-17-6-10-19(11-7-17)30-28-22-14-16(3)21(15-23(22)29-30)26-25(33)27-24(31)18-8-12-20(13-9-18)32-5-2/h6-15H,4-5H2,1-3H3,(H2,26,27,31,33). The molecule has 0 saturated carbocycles. The number of carbonyl (C=O) groups is 1. The van der Waals surface area contributed by atoms with Crippen LogP contribution in [0.25, 0.3) is 16.7 Å². The molecule has 3 aromatic carbocycles. The number of benzene rings is 3. The summed E-state index contributed by atoms with van der Waals surface area (Å²) in [7, 11) is 0. The zero-order valence-corrected chi connectivity index (χ0v) is 19.6. The topological polar surface area (TPSA) is 81.1 Å². The van der Waals surface area contributed by atoms with Gasteiger partial charge in [0, 0.05) is 11.3 Å². The summed E-state index contributed by atoms with van der Waals surface area (Å²) in [6.07, 6.45) is 0.984. The summed E-state index contributed by atoms with van der Waals surface area (Å²) in [6.45, 7) is 6.56. The maximum Gasteiger partial charge on any atom is 0.257 e. The fourth-order valence-electron chi connectivity index (χ4n) is 3.38. The number of rotatable bonds is 6. The maximum absolute atomic E-state index is 12.5. The van der Waals surface area contributed by atoms with Crippen LogP contribution in [0.5, 0.6) is 5.75 Å². The molecule has 2 N–H and O–H groups in total. The van der Waals surface area contributed by atoms with Crippen molar-refractivity contribution in [3.8, 4) is 11.4 Å². The van der Waals surface area contributed by atoms with Gasteiger partial charge in [0.05, 0.1) is 12.3 Å². The van der Waals surface area contributed by atoms with Crippen LogP contribution < -0.4 is 15.4 Å². The Morgan fingerprint density at radius 1 is 1.00 bits per heavy atom. The van der Waals surface area contributed by atoms with Crippen LogP contribution in [-0.2, 0) is 6.42 Å². The van der Waals surface area contributed by atoms with E-state index in [0.717, 1.165) is 34.4 Å². The summed E-state index contributed by atoms with van der Waals surface area (Å²) in [6, 6.07) is 18.9. The van der Waals surface area contributed by atoms with Crippen molar-refractivity contribution in [1.29, 1.82) is 0 Å². The number of thiocarbonyl (C=S) groups is 1. The van der Waals surface area contributed by atoms with E-state index >= 15 is 0 Å². The quantitative estimate of drug-likeness (QED) is 0.403. The minimum Gasteiger partial charge on any atom is -0.494 e. The van der Waals surface area contributed by atoms with Crippen molar-refractivity contribution in [2.75, 3.05) is 11.9 Å². The van der Waals surface area contributed by atoms with Gasteiger partial charge in [0.15, 0.2) is 5.11 Å². The van der Waals surface area contributed by atoms with Crippen LogP contribution in [0.1, 0.15) is 35.3 Å². The second kappa shape index (κ2) is 9.79. The Morgan fingerprint density at radius 3 is 2.30 bits per heavy atom. The number of anilines is 1. The van der Waals surface area contributed by atoms with E-state index in [1.165, 1.54) is 5.56 Å². The lowest BCUT2D eigenvalue weighted by Crippen LogP contribution is -2.34. The lowest BCUT2D eigenvalue weighted by atomic mass is 10.2. The molecule has 0 aliphatic rings. The normalized spacial score (nSPS) is 10.8. The van der Waals surface area contributed by atoms with Gasteiger partial charge in [-0.2, -0.15) is 4.80 Å². The van der Waals surface area contributed by atoms with Gasteiger partial charge in [0.1, 0.15) is 16.8 Å². The predicted molar refractivity (Wildman–Crippen MR) is 134 cm³/mol. The number of hydrogen-bond acceptors (Lipinski definition) is 5. The Bertz CT molecular complexity index is 1300. The fraction of sp³-hybridized carbons (Fsp3) is 0.200. The van der Waals surface area contributed by atoms with E-state index in [0.29, 0.717) is 17.9 Å². The third kappa shape index (κ3) is 5.18. The molecule has 0 bridgehead atoms. The highest BCUT2D eigenvalue weighted by molar-refractivity contribution is 7.80. The lowest BCUT2D eigenvalue weighted by Gasteiger charge is -2.12. The van der Waals surface area contributed by atoms with E-state index in [9.17, 15) is 4.79 Å². The zero-order valence-electron chi connectivity index (χ0n) is 18.8. The highest BCUT2D eigenvalue weighted by atomic mass is 32.1. The summed E-state index contributed by atoms with van der Waals surface area (Å²) in [5, 5.41) is 15.2. The molecule has 0 radical (unpaired) electrons. The van der Waals surface area contributed by atoms with Gasteiger partial charge in [-0.3, -0.25) is 10.1 Å². The molecule has 0 fully saturated rings. The minimum atomic E-state index is -0.296. The molecule has 0 atom stereocenters. The number of aromatic nitrogens is 3. The number of carbonyl (C=O) groups excluding carboxylic acids is 1. The molecular weight excluding hydrogens is 434 g/mol. The highest BCUT2D eigenvalue weighted by Gasteiger charge is 2.12. The number of fused-ring (bicyclic) bond motifs is 1. The fourth-order valence-corrected chi connectivity index (χ4v) is 3.58. The van der Waals surface area contributed by atoms with Crippen molar-refractivity contribution in [2.45, 2.75) is 27.2 Å². The summed E-state index contributed by atoms with van der Waals surface area (Å²) in [5.41, 5.74) is 5.85. The van der Waals surface area contributed by atoms with E-state index in [1.807, 2.05) is 38.1 Å². The SMILES string of the molecule is CCOc1ccc(C(=O)NC(=S)Nc2cc3nn(-c4ccc(CC)cc4)nc3cc2C)cc1. The Balaban J connectivity index is 1.47. The van der Waals surface area contributed by atoms with Crippen LogP contribution in [0.4, 0.5) is 5.69 Å². The van der Waals surface area contributed by atoms with Gasteiger partial charge in [-0.05, 0) is 92.1 Å². The number of amides is 1. The van der Waals surface area contributed by atoms with Gasteiger partial charge in [-0.25, -0.2) is 0 Å². The Kier molecular flexibility index (Phi) is 6.65. The van der Waals surface area contributed by atoms with E-state index in [4.69, 9.17) is 17.0 Å². The molecule has 168 valence electrons. The first-order valence-electron chi connectivity index (χ1n) is 10.8. The van der Waals surface area contributed by atoms with Crippen LogP contribution in [0.3, 0.4) is 0 Å². The van der Waals surface area contributed by atoms with Gasteiger partial charge < -0.3 is 10.1 Å². The molecule has 7 nitrogen and oxygen atoms in total. The van der Waals surface area contributed by atoms with Crippen LogP contribution >= 0.6 is 12.2 Å². The number of aryl methyl sites for hydroxylation is 2. The summed E-state index contributed by atoms with van der Waals surface area (Å²) < 4.78 is 5.41. The molecule has 33 heavy (non-hydrogen) atoms. The third-order valence-corrected chi connectivity index (χ3v) is 5.41. The highest BCUT2D eigenvalue weighted by Crippen LogP contribution is 2.22. The van der Waals surface area contributed by atoms with Gasteiger partial charge >= 0.3 is 0 Å². The lowest BCUT2D eigenvalue weighted by molar-refractivity contribution is 0.0977. The van der Waals surface area contributed by atoms with Crippen molar-refractivity contribution in [1.82, 2.24) is 20.3 Å². The zero-order chi connectivity index (χ0) is 23.4. The predicted octanol–water partition coefficient (Wildman–Crippen LogP) is 4.82. The average molecular weight is 460 g/mol. The van der Waals surface area contributed by atoms with E-state index < -0.39 is 0 Å². The van der Waals surface area contributed by atoms with Crippen molar-refractivity contribution >= 4 is 40.0 Å². The van der Waals surface area contributed by atoms with Gasteiger partial charge in [-0.15, -0.1) is 10.2 Å². The monoisotopic (exact) mass is 459 g/mol. The molecule has 1 amide bonds. The van der Waals surface area contributed by atoms with Crippen molar-refractivity contribution < 1.29 is 9.53 Å². The molecule has 0 unspecified atom stereocenters. The van der Waals surface area contributed by atoms with Gasteiger partial charge in [0.2, 0.25) is 0 Å². The number of nitrogens with zero attached hydrogens (tertiary/aromatic N) is 3. The Morgan fingerprint density at radius 2 is 1.67 bits per heavy atom. The van der Waals surface area contributed by atoms with Crippen LogP contribution in [-0.4, -0.2) is 32.6 Å². The smallest absolute Gasteiger partial charge is 0.257 e. The Hall–Kier alpha value is -3.78. The molecule has 1 aromatic heterocycles. The van der Waals surface area contributed by atoms with Crippen molar-refractivity contribution in [3.63, 3.8) is 0 Å². The first-order valence-corrected chi connectivity index (χ1v) is 11.2. The van der Waals surface area contributed by atoms with E-state index in [1.54, 1.807) is 29.1 Å². The number of ether oxygens (including phenoxy) is 1. The van der Waals surface area contributed by atoms with Crippen molar-refractivity contribution in [2.24, 2.45) is 0 Å². The second-order valence-corrected chi connectivity index (χ2v) is 7.94. The molecule has 8 heteroatoms. The van der Waals surface area contributed by atoms with E-state index in [2.05, 4.69) is 39.9 Å². The minimum absolute atomic E-state index is 0.207. The molecule has 4 rings (SSSR count). The first kappa shape index (κ1) is 22.4. The van der Waals surface area contributed by atoms with Crippen molar-refractivity contribution in [3.05, 3.63) is 77.4 Å². The molecule has 1 heterocycles. The molecule has 0 aliphatic carbocycles. The summed E-state index contributed by atoms with van der Waals surface area (Å²) in [4.78, 5) is 14.1. The van der Waals surface area contributed by atoms with Crippen LogP contribution in [0, 0.1) is 6.92 Å². The first-order chi connectivity index (χ1) is 16.0. The van der Waals surface area contributed by atoms with Crippen LogP contribution in [0.15, 0.2) is 60.7 Å². The number of nitrogens with one attached hydrogen (secondary N) is 2. The average Bonchev–Trinajstić information content (AvgIpc) is 3.22. The molecule has 0 saturated heterocycles. The second-order valence-electron chi connectivity index (χ2n) is 7.53. The van der Waals surface area contributed by atoms with Crippen LogP contribution in [0.2, 0.25) is 0 Å². The maximum atomic E-state index is 12.5. The molecule has 0 spiro atoms. The summed E-state index contributed by atoms with van der Waals surface area (Å²) in [5.74, 6) is 0.420. The Labute approximate surface area is 197 Å². The number of hydrogen-bond donors (Lipinski definition) is 2. The van der Waals surface area contributed by atoms with Gasteiger partial charge in [0.25, 0.3) is 5.91 Å². The molecule has 0 aliphatic heterocycles. The summed E-state index contributed by atoms with van der Waals surface area (Å²) >= 11 is 5.36. The van der Waals surface area contributed by atoms with E-state index in [-0.39, 0.29) is 11.0 Å². The van der Waals surface area contributed by atoms with Gasteiger partial charge in [-0.1, -0.05) is 19.1 Å². The third-order valence-electron chi connectivity index (χ3n) is 5.20. The largest absolute Gasteiger partial charge is 0.494 e.